The van der Waals surface area contributed by atoms with Crippen LogP contribution in [0.2, 0.25) is 0 Å². The first-order chi connectivity index (χ1) is 8.09. The smallest absolute Gasteiger partial charge is 0.231 e. The van der Waals surface area contributed by atoms with Gasteiger partial charge in [0.15, 0.2) is 0 Å². The predicted molar refractivity (Wildman–Crippen MR) is 76.7 cm³/mol. The Morgan fingerprint density at radius 1 is 1.41 bits per heavy atom. The molecule has 0 saturated heterocycles. The van der Waals surface area contributed by atoms with Crippen LogP contribution in [0, 0.1) is 5.92 Å². The van der Waals surface area contributed by atoms with Gasteiger partial charge in [0, 0.05) is 6.20 Å². The molecule has 5 heteroatoms. The van der Waals surface area contributed by atoms with Crippen molar-refractivity contribution in [3.05, 3.63) is 48.2 Å². The summed E-state index contributed by atoms with van der Waals surface area (Å²) >= 11 is 7.65. The standard InChI is InChI=1S/C11H11NO.CH3NS2/c13-11-10(6-7-12-11)8-9-4-2-1-3-5-9;2-1(3)4/h1-7,10H,8H2,(H,12,13);(H3,2,3,4). The van der Waals surface area contributed by atoms with Crippen LogP contribution in [0.25, 0.3) is 0 Å². The minimum Gasteiger partial charge on any atom is -0.385 e. The molecule has 17 heavy (non-hydrogen) atoms. The van der Waals surface area contributed by atoms with Gasteiger partial charge in [-0.1, -0.05) is 48.6 Å². The Kier molecular flexibility index (Phi) is 5.72. The zero-order valence-corrected chi connectivity index (χ0v) is 10.9. The first kappa shape index (κ1) is 13.7. The molecule has 0 bridgehead atoms. The second-order valence-corrected chi connectivity index (χ2v) is 4.73. The van der Waals surface area contributed by atoms with Crippen LogP contribution < -0.4 is 11.1 Å². The number of carbonyl (C=O) groups is 1. The van der Waals surface area contributed by atoms with Gasteiger partial charge in [-0.25, -0.2) is 0 Å². The van der Waals surface area contributed by atoms with E-state index < -0.39 is 0 Å². The molecule has 1 aliphatic heterocycles. The fraction of sp³-hybridized carbons (Fsp3) is 0.167. The number of benzene rings is 1. The van der Waals surface area contributed by atoms with Crippen molar-refractivity contribution in [3.63, 3.8) is 0 Å². The van der Waals surface area contributed by atoms with E-state index in [1.54, 1.807) is 6.20 Å². The highest BCUT2D eigenvalue weighted by molar-refractivity contribution is 8.10. The summed E-state index contributed by atoms with van der Waals surface area (Å²) in [7, 11) is 0. The first-order valence-electron chi connectivity index (χ1n) is 5.09. The molecule has 1 atom stereocenters. The average molecular weight is 266 g/mol. The Balaban J connectivity index is 0.000000317. The number of rotatable bonds is 2. The van der Waals surface area contributed by atoms with Gasteiger partial charge in [0.05, 0.1) is 5.92 Å². The summed E-state index contributed by atoms with van der Waals surface area (Å²) in [6.45, 7) is 0. The fourth-order valence-electron chi connectivity index (χ4n) is 1.47. The Labute approximate surface area is 111 Å². The van der Waals surface area contributed by atoms with Gasteiger partial charge >= 0.3 is 0 Å². The maximum atomic E-state index is 11.2. The molecule has 0 fully saturated rings. The normalized spacial score (nSPS) is 17.0. The van der Waals surface area contributed by atoms with Crippen LogP contribution in [0.5, 0.6) is 0 Å². The molecule has 1 aromatic rings. The number of thiol groups is 1. The second-order valence-electron chi connectivity index (χ2n) is 3.50. The summed E-state index contributed by atoms with van der Waals surface area (Å²) in [6.07, 6.45) is 4.43. The fourth-order valence-corrected chi connectivity index (χ4v) is 1.47. The van der Waals surface area contributed by atoms with Gasteiger partial charge in [0.1, 0.15) is 4.32 Å². The van der Waals surface area contributed by atoms with Crippen LogP contribution in [-0.2, 0) is 11.2 Å². The van der Waals surface area contributed by atoms with E-state index in [-0.39, 0.29) is 16.1 Å². The van der Waals surface area contributed by atoms with Crippen LogP contribution in [0.4, 0.5) is 0 Å². The van der Waals surface area contributed by atoms with E-state index in [1.807, 2.05) is 36.4 Å². The van der Waals surface area contributed by atoms with Gasteiger partial charge in [-0.3, -0.25) is 4.79 Å². The Hall–Kier alpha value is -1.33. The zero-order chi connectivity index (χ0) is 12.7. The molecule has 2 rings (SSSR count). The van der Waals surface area contributed by atoms with Gasteiger partial charge in [-0.2, -0.15) is 0 Å². The molecule has 0 saturated carbocycles. The number of amides is 1. The van der Waals surface area contributed by atoms with E-state index in [9.17, 15) is 4.79 Å². The highest BCUT2D eigenvalue weighted by Crippen LogP contribution is 2.12. The molecule has 1 heterocycles. The van der Waals surface area contributed by atoms with E-state index in [0.29, 0.717) is 0 Å². The van der Waals surface area contributed by atoms with Crippen LogP contribution in [0.15, 0.2) is 42.6 Å². The molecule has 1 aromatic carbocycles. The highest BCUT2D eigenvalue weighted by atomic mass is 32.1. The third-order valence-electron chi connectivity index (χ3n) is 2.19. The summed E-state index contributed by atoms with van der Waals surface area (Å²) < 4.78 is 0.194. The van der Waals surface area contributed by atoms with Crippen molar-refractivity contribution in [1.82, 2.24) is 5.32 Å². The minimum absolute atomic E-state index is 0.0161. The summed E-state index contributed by atoms with van der Waals surface area (Å²) in [5.74, 6) is 0.117. The number of nitrogens with one attached hydrogen (secondary N) is 1. The third kappa shape index (κ3) is 5.51. The van der Waals surface area contributed by atoms with Crippen molar-refractivity contribution in [3.8, 4) is 0 Å². The zero-order valence-electron chi connectivity index (χ0n) is 9.17. The lowest BCUT2D eigenvalue weighted by Gasteiger charge is -2.04. The Morgan fingerprint density at radius 3 is 2.47 bits per heavy atom. The van der Waals surface area contributed by atoms with Gasteiger partial charge in [0.2, 0.25) is 5.91 Å². The Bertz CT molecular complexity index is 414. The van der Waals surface area contributed by atoms with Crippen molar-refractivity contribution >= 4 is 35.1 Å². The monoisotopic (exact) mass is 266 g/mol. The van der Waals surface area contributed by atoms with Gasteiger partial charge in [-0.15, -0.1) is 12.6 Å². The first-order valence-corrected chi connectivity index (χ1v) is 5.94. The molecule has 3 N–H and O–H groups in total. The Morgan fingerprint density at radius 2 is 2.00 bits per heavy atom. The van der Waals surface area contributed by atoms with E-state index in [4.69, 9.17) is 5.73 Å². The molecule has 0 aliphatic carbocycles. The molecule has 0 radical (unpaired) electrons. The number of thiocarbonyl (C=S) groups is 1. The van der Waals surface area contributed by atoms with E-state index in [2.05, 4.69) is 30.2 Å². The maximum Gasteiger partial charge on any atom is 0.231 e. The second kappa shape index (κ2) is 7.09. The van der Waals surface area contributed by atoms with Crippen molar-refractivity contribution < 1.29 is 4.79 Å². The number of hydrogen-bond acceptors (Lipinski definition) is 2. The summed E-state index contributed by atoms with van der Waals surface area (Å²) in [6, 6.07) is 10.0. The van der Waals surface area contributed by atoms with E-state index in [1.165, 1.54) is 5.56 Å². The lowest BCUT2D eigenvalue weighted by Crippen LogP contribution is -2.20. The molecule has 3 nitrogen and oxygen atoms in total. The van der Waals surface area contributed by atoms with Crippen LogP contribution >= 0.6 is 24.8 Å². The van der Waals surface area contributed by atoms with Crippen molar-refractivity contribution in [2.24, 2.45) is 11.7 Å². The quantitative estimate of drug-likeness (QED) is 0.563. The molecular formula is C12H14N2OS2. The van der Waals surface area contributed by atoms with E-state index in [0.717, 1.165) is 6.42 Å². The average Bonchev–Trinajstić information content (AvgIpc) is 2.65. The topological polar surface area (TPSA) is 55.1 Å². The predicted octanol–water partition coefficient (Wildman–Crippen LogP) is 1.65. The highest BCUT2D eigenvalue weighted by Gasteiger charge is 2.18. The summed E-state index contributed by atoms with van der Waals surface area (Å²) in [5, 5.41) is 2.67. The maximum absolute atomic E-state index is 11.2. The van der Waals surface area contributed by atoms with Crippen molar-refractivity contribution in [2.75, 3.05) is 0 Å². The molecule has 1 unspecified atom stereocenters. The minimum atomic E-state index is 0.0161. The van der Waals surface area contributed by atoms with Crippen LogP contribution in [0.1, 0.15) is 5.56 Å². The number of nitrogens with two attached hydrogens (primary N) is 1. The third-order valence-corrected chi connectivity index (χ3v) is 2.19. The largest absolute Gasteiger partial charge is 0.385 e. The summed E-state index contributed by atoms with van der Waals surface area (Å²) in [4.78, 5) is 11.2. The van der Waals surface area contributed by atoms with Gasteiger partial charge in [0.25, 0.3) is 0 Å². The van der Waals surface area contributed by atoms with Crippen LogP contribution in [-0.4, -0.2) is 10.2 Å². The molecule has 90 valence electrons. The van der Waals surface area contributed by atoms with E-state index >= 15 is 0 Å². The molecule has 1 aliphatic rings. The molecule has 1 amide bonds. The lowest BCUT2D eigenvalue weighted by atomic mass is 10.0. The van der Waals surface area contributed by atoms with Gasteiger partial charge < -0.3 is 11.1 Å². The lowest BCUT2D eigenvalue weighted by molar-refractivity contribution is -0.121. The van der Waals surface area contributed by atoms with Crippen LogP contribution in [0.3, 0.4) is 0 Å². The van der Waals surface area contributed by atoms with Crippen molar-refractivity contribution in [1.29, 1.82) is 0 Å². The SMILES string of the molecule is NC(=S)S.O=C1NC=CC1Cc1ccccc1. The summed E-state index contributed by atoms with van der Waals surface area (Å²) in [5.41, 5.74) is 5.91. The molecule has 0 spiro atoms. The molecule has 0 aromatic heterocycles. The number of carbonyl (C=O) groups excluding carboxylic acids is 1. The van der Waals surface area contributed by atoms with Gasteiger partial charge in [-0.05, 0) is 12.0 Å². The molecular weight excluding hydrogens is 252 g/mol. The van der Waals surface area contributed by atoms with Crippen molar-refractivity contribution in [2.45, 2.75) is 6.42 Å². The number of hydrogen-bond donors (Lipinski definition) is 3.